The summed E-state index contributed by atoms with van der Waals surface area (Å²) in [4.78, 5) is 10.8. The van der Waals surface area contributed by atoms with Crippen molar-refractivity contribution in [3.8, 4) is 6.07 Å². The Kier molecular flexibility index (Phi) is 3.02. The van der Waals surface area contributed by atoms with E-state index in [1.165, 1.54) is 0 Å². The molecule has 96 valence electrons. The van der Waals surface area contributed by atoms with Gasteiger partial charge in [-0.05, 0) is 30.3 Å². The molecule has 4 heteroatoms. The monoisotopic (exact) mass is 260 g/mol. The van der Waals surface area contributed by atoms with Gasteiger partial charge in [-0.25, -0.2) is 9.97 Å². The van der Waals surface area contributed by atoms with Crippen LogP contribution in [0.2, 0.25) is 0 Å². The molecule has 0 aliphatic heterocycles. The second kappa shape index (κ2) is 4.98. The number of para-hydroxylation sites is 1. The van der Waals surface area contributed by atoms with Gasteiger partial charge in [0.2, 0.25) is 5.95 Å². The number of nitriles is 1. The third-order valence-electron chi connectivity index (χ3n) is 3.16. The number of nitrogens with zero attached hydrogens (tertiary/aromatic N) is 4. The van der Waals surface area contributed by atoms with Crippen LogP contribution in [0.4, 0.5) is 11.6 Å². The molecule has 3 aromatic rings. The zero-order valence-corrected chi connectivity index (χ0v) is 11.0. The van der Waals surface area contributed by atoms with E-state index in [1.807, 2.05) is 54.5 Å². The standard InChI is InChI=1S/C16H12N4/c1-20(14-8-6-12(10-17)7-9-14)16-18-11-13-4-2-3-5-15(13)19-16/h2-9,11H,1H3. The average Bonchev–Trinajstić information content (AvgIpc) is 2.54. The van der Waals surface area contributed by atoms with E-state index < -0.39 is 0 Å². The van der Waals surface area contributed by atoms with Gasteiger partial charge in [0.1, 0.15) is 0 Å². The summed E-state index contributed by atoms with van der Waals surface area (Å²) in [5.41, 5.74) is 2.50. The van der Waals surface area contributed by atoms with Gasteiger partial charge in [0.15, 0.2) is 0 Å². The first-order valence-corrected chi connectivity index (χ1v) is 6.23. The fraction of sp³-hybridized carbons (Fsp3) is 0.0625. The summed E-state index contributed by atoms with van der Waals surface area (Å²) in [5, 5.41) is 9.83. The lowest BCUT2D eigenvalue weighted by molar-refractivity contribution is 1.07. The molecule has 0 spiro atoms. The number of aromatic nitrogens is 2. The highest BCUT2D eigenvalue weighted by Gasteiger charge is 2.07. The molecule has 1 heterocycles. The molecule has 0 amide bonds. The third kappa shape index (κ3) is 2.17. The Morgan fingerprint density at radius 2 is 1.80 bits per heavy atom. The van der Waals surface area contributed by atoms with E-state index in [-0.39, 0.29) is 0 Å². The molecule has 0 radical (unpaired) electrons. The average molecular weight is 260 g/mol. The Labute approximate surface area is 116 Å². The van der Waals surface area contributed by atoms with Crippen molar-refractivity contribution >= 4 is 22.5 Å². The fourth-order valence-corrected chi connectivity index (χ4v) is 2.00. The Morgan fingerprint density at radius 3 is 2.55 bits per heavy atom. The van der Waals surface area contributed by atoms with E-state index >= 15 is 0 Å². The molecular weight excluding hydrogens is 248 g/mol. The van der Waals surface area contributed by atoms with Crippen LogP contribution in [0.1, 0.15) is 5.56 Å². The van der Waals surface area contributed by atoms with Crippen LogP contribution < -0.4 is 4.90 Å². The molecule has 0 saturated carbocycles. The second-order valence-electron chi connectivity index (χ2n) is 4.45. The fourth-order valence-electron chi connectivity index (χ4n) is 2.00. The molecule has 4 nitrogen and oxygen atoms in total. The summed E-state index contributed by atoms with van der Waals surface area (Å²) in [6.07, 6.45) is 1.82. The maximum Gasteiger partial charge on any atom is 0.230 e. The SMILES string of the molecule is CN(c1ccc(C#N)cc1)c1ncc2ccccc2n1. The minimum absolute atomic E-state index is 0.633. The molecule has 0 atom stereocenters. The zero-order valence-electron chi connectivity index (χ0n) is 11.0. The molecule has 0 bridgehead atoms. The molecule has 20 heavy (non-hydrogen) atoms. The van der Waals surface area contributed by atoms with Gasteiger partial charge in [0, 0.05) is 24.3 Å². The smallest absolute Gasteiger partial charge is 0.230 e. The summed E-state index contributed by atoms with van der Waals surface area (Å²) in [6.45, 7) is 0. The van der Waals surface area contributed by atoms with Gasteiger partial charge in [0.25, 0.3) is 0 Å². The van der Waals surface area contributed by atoms with E-state index in [4.69, 9.17) is 5.26 Å². The minimum atomic E-state index is 0.633. The molecule has 0 saturated heterocycles. The van der Waals surface area contributed by atoms with E-state index in [2.05, 4.69) is 16.0 Å². The van der Waals surface area contributed by atoms with Crippen LogP contribution in [-0.4, -0.2) is 17.0 Å². The van der Waals surface area contributed by atoms with E-state index in [9.17, 15) is 0 Å². The number of rotatable bonds is 2. The first-order chi connectivity index (χ1) is 9.78. The highest BCUT2D eigenvalue weighted by Crippen LogP contribution is 2.22. The van der Waals surface area contributed by atoms with Crippen molar-refractivity contribution in [3.63, 3.8) is 0 Å². The maximum atomic E-state index is 8.81. The Bertz CT molecular complexity index is 787. The number of benzene rings is 2. The lowest BCUT2D eigenvalue weighted by Gasteiger charge is -2.17. The van der Waals surface area contributed by atoms with Crippen molar-refractivity contribution in [1.29, 1.82) is 5.26 Å². The Balaban J connectivity index is 1.98. The number of hydrogen-bond donors (Lipinski definition) is 0. The van der Waals surface area contributed by atoms with Crippen LogP contribution in [0.3, 0.4) is 0 Å². The van der Waals surface area contributed by atoms with Crippen LogP contribution in [0.5, 0.6) is 0 Å². The first-order valence-electron chi connectivity index (χ1n) is 6.23. The van der Waals surface area contributed by atoms with Crippen LogP contribution in [-0.2, 0) is 0 Å². The summed E-state index contributed by atoms with van der Waals surface area (Å²) in [5.74, 6) is 0.633. The zero-order chi connectivity index (χ0) is 13.9. The van der Waals surface area contributed by atoms with Crippen LogP contribution in [0.25, 0.3) is 10.9 Å². The summed E-state index contributed by atoms with van der Waals surface area (Å²) in [7, 11) is 1.91. The van der Waals surface area contributed by atoms with E-state index in [0.717, 1.165) is 16.6 Å². The molecule has 0 aliphatic rings. The van der Waals surface area contributed by atoms with Gasteiger partial charge in [-0.2, -0.15) is 5.26 Å². The van der Waals surface area contributed by atoms with E-state index in [0.29, 0.717) is 11.5 Å². The first kappa shape index (κ1) is 12.1. The highest BCUT2D eigenvalue weighted by atomic mass is 15.2. The summed E-state index contributed by atoms with van der Waals surface area (Å²) in [6, 6.07) is 17.3. The largest absolute Gasteiger partial charge is 0.314 e. The predicted molar refractivity (Wildman–Crippen MR) is 78.8 cm³/mol. The third-order valence-corrected chi connectivity index (χ3v) is 3.16. The summed E-state index contributed by atoms with van der Waals surface area (Å²) >= 11 is 0. The summed E-state index contributed by atoms with van der Waals surface area (Å²) < 4.78 is 0. The quantitative estimate of drug-likeness (QED) is 0.709. The molecule has 1 aromatic heterocycles. The normalized spacial score (nSPS) is 10.2. The van der Waals surface area contributed by atoms with Crippen molar-refractivity contribution in [2.75, 3.05) is 11.9 Å². The van der Waals surface area contributed by atoms with Gasteiger partial charge in [-0.1, -0.05) is 18.2 Å². The molecule has 3 rings (SSSR count). The maximum absolute atomic E-state index is 8.81. The van der Waals surface area contributed by atoms with Crippen molar-refractivity contribution in [2.24, 2.45) is 0 Å². The molecule has 0 aliphatic carbocycles. The molecular formula is C16H12N4. The minimum Gasteiger partial charge on any atom is -0.314 e. The lowest BCUT2D eigenvalue weighted by atomic mass is 10.2. The van der Waals surface area contributed by atoms with Gasteiger partial charge in [-0.3, -0.25) is 0 Å². The van der Waals surface area contributed by atoms with Gasteiger partial charge >= 0.3 is 0 Å². The molecule has 0 unspecified atom stereocenters. The van der Waals surface area contributed by atoms with Crippen LogP contribution >= 0.6 is 0 Å². The van der Waals surface area contributed by atoms with Crippen molar-refractivity contribution in [3.05, 3.63) is 60.3 Å². The number of fused-ring (bicyclic) bond motifs is 1. The Hall–Kier alpha value is -2.93. The topological polar surface area (TPSA) is 52.8 Å². The van der Waals surface area contributed by atoms with Crippen molar-refractivity contribution in [2.45, 2.75) is 0 Å². The van der Waals surface area contributed by atoms with Crippen molar-refractivity contribution in [1.82, 2.24) is 9.97 Å². The predicted octanol–water partition coefficient (Wildman–Crippen LogP) is 3.27. The highest BCUT2D eigenvalue weighted by molar-refractivity contribution is 5.79. The van der Waals surface area contributed by atoms with Gasteiger partial charge in [0.05, 0.1) is 17.1 Å². The van der Waals surface area contributed by atoms with Gasteiger partial charge < -0.3 is 4.90 Å². The van der Waals surface area contributed by atoms with Crippen molar-refractivity contribution < 1.29 is 0 Å². The number of anilines is 2. The Morgan fingerprint density at radius 1 is 1.05 bits per heavy atom. The molecule has 2 aromatic carbocycles. The van der Waals surface area contributed by atoms with Crippen LogP contribution in [0, 0.1) is 11.3 Å². The number of hydrogen-bond acceptors (Lipinski definition) is 4. The molecule has 0 fully saturated rings. The van der Waals surface area contributed by atoms with E-state index in [1.54, 1.807) is 12.1 Å². The van der Waals surface area contributed by atoms with Gasteiger partial charge in [-0.15, -0.1) is 0 Å². The van der Waals surface area contributed by atoms with Crippen LogP contribution in [0.15, 0.2) is 54.7 Å². The lowest BCUT2D eigenvalue weighted by Crippen LogP contribution is -2.12. The second-order valence-corrected chi connectivity index (χ2v) is 4.45. The molecule has 0 N–H and O–H groups in total.